The highest BCUT2D eigenvalue weighted by atomic mass is 28.5. The van der Waals surface area contributed by atoms with Crippen LogP contribution in [0.25, 0.3) is 0 Å². The third-order valence-electron chi connectivity index (χ3n) is 5.94. The molecule has 0 amide bonds. The molecule has 0 bridgehead atoms. The number of hydrogen-bond acceptors (Lipinski definition) is 3. The Labute approximate surface area is 134 Å². The molecule has 1 aliphatic rings. The van der Waals surface area contributed by atoms with Gasteiger partial charge in [0.25, 0.3) is 0 Å². The molecule has 0 aromatic carbocycles. The lowest BCUT2D eigenvalue weighted by Crippen LogP contribution is -2.70. The van der Waals surface area contributed by atoms with Crippen LogP contribution in [0.2, 0.25) is 32.1 Å². The van der Waals surface area contributed by atoms with E-state index in [1.54, 1.807) is 0 Å². The van der Waals surface area contributed by atoms with Gasteiger partial charge in [0.15, 0.2) is 25.0 Å². The summed E-state index contributed by atoms with van der Waals surface area (Å²) in [4.78, 5) is 34.5. The van der Waals surface area contributed by atoms with E-state index in [-0.39, 0.29) is 15.1 Å². The van der Waals surface area contributed by atoms with Crippen LogP contribution < -0.4 is 0 Å². The molecule has 0 atom stereocenters. The fourth-order valence-corrected chi connectivity index (χ4v) is 32.4. The Morgan fingerprint density at radius 3 is 0.714 bits per heavy atom. The monoisotopic (exact) mass is 348 g/mol. The first kappa shape index (κ1) is 19.6. The van der Waals surface area contributed by atoms with E-state index in [1.807, 2.05) is 0 Å². The van der Waals surface area contributed by atoms with Gasteiger partial charge in [-0.3, -0.25) is 0 Å². The minimum absolute atomic E-state index is 0.202. The van der Waals surface area contributed by atoms with Crippen molar-refractivity contribution >= 4 is 25.0 Å². The molecule has 0 aromatic heterocycles. The number of rotatable bonds is 0. The second kappa shape index (κ2) is 5.01. The first-order valence-corrected chi connectivity index (χ1v) is 15.1. The highest BCUT2D eigenvalue weighted by Gasteiger charge is 2.67. The zero-order valence-corrected chi connectivity index (χ0v) is 18.5. The molecule has 1 rings (SSSR count). The first-order chi connectivity index (χ1) is 8.87. The van der Waals surface area contributed by atoms with Crippen molar-refractivity contribution in [2.75, 3.05) is 0 Å². The highest BCUT2D eigenvalue weighted by Crippen LogP contribution is 2.58. The minimum atomic E-state index is -2.71. The average molecular weight is 349 g/mol. The maximum atomic E-state index is 11.5. The summed E-state index contributed by atoms with van der Waals surface area (Å²) >= 11 is 0. The van der Waals surface area contributed by atoms with Gasteiger partial charge >= 0.3 is 0 Å². The van der Waals surface area contributed by atoms with E-state index >= 15 is 0 Å². The summed E-state index contributed by atoms with van der Waals surface area (Å²) in [6, 6.07) is 0. The van der Waals surface area contributed by atoms with Gasteiger partial charge in [-0.05, 0) is 32.1 Å². The predicted molar refractivity (Wildman–Crippen MR) is 97.5 cm³/mol. The van der Waals surface area contributed by atoms with Crippen LogP contribution >= 0.6 is 0 Å². The molecule has 3 N–H and O–H groups in total. The lowest BCUT2D eigenvalue weighted by Gasteiger charge is -2.57. The quantitative estimate of drug-likeness (QED) is 0.583. The van der Waals surface area contributed by atoms with Gasteiger partial charge in [-0.2, -0.15) is 0 Å². The number of hydrogen-bond donors (Lipinski definition) is 3. The fraction of sp³-hybridized carbons (Fsp3) is 1.00. The second-order valence-electron chi connectivity index (χ2n) is 10.4. The summed E-state index contributed by atoms with van der Waals surface area (Å²) in [7, 11) is -8.12. The standard InChI is InChI=1S/C15H36O3Si3/c1-13(2,3)19(16)10-20(17,14(4,5)6)12-21(18,11-19)15(7,8)9/h16-18H,10-12H2,1-9H3. The smallest absolute Gasteiger partial charge is 0.193 e. The summed E-state index contributed by atoms with van der Waals surface area (Å²) < 4.78 is 0. The van der Waals surface area contributed by atoms with E-state index in [0.717, 1.165) is 0 Å². The van der Waals surface area contributed by atoms with Crippen molar-refractivity contribution in [2.24, 2.45) is 0 Å². The molecule has 0 radical (unpaired) electrons. The van der Waals surface area contributed by atoms with Gasteiger partial charge in [-0.25, -0.2) is 0 Å². The van der Waals surface area contributed by atoms with Crippen molar-refractivity contribution in [1.29, 1.82) is 0 Å². The largest absolute Gasteiger partial charge is 0.432 e. The van der Waals surface area contributed by atoms with Crippen molar-refractivity contribution < 1.29 is 14.4 Å². The van der Waals surface area contributed by atoms with Crippen LogP contribution in [0.3, 0.4) is 0 Å². The second-order valence-corrected chi connectivity index (χ2v) is 25.3. The Morgan fingerprint density at radius 2 is 0.619 bits per heavy atom. The SMILES string of the molecule is CC(C)(C)[Si]1(O)C[Si](O)(C(C)(C)C)C[Si](O)(C(C)(C)C)C1. The molecule has 0 aliphatic carbocycles. The van der Waals surface area contributed by atoms with Gasteiger partial charge in [-0.15, -0.1) is 0 Å². The van der Waals surface area contributed by atoms with E-state index < -0.39 is 25.0 Å². The lowest BCUT2D eigenvalue weighted by atomic mass is 10.2. The maximum Gasteiger partial charge on any atom is 0.193 e. The normalized spacial score (nSPS) is 39.4. The van der Waals surface area contributed by atoms with E-state index in [2.05, 4.69) is 62.3 Å². The molecule has 21 heavy (non-hydrogen) atoms. The van der Waals surface area contributed by atoms with Crippen LogP contribution in [0.1, 0.15) is 62.3 Å². The summed E-state index contributed by atoms with van der Waals surface area (Å²) in [5.41, 5.74) is 1.83. The highest BCUT2D eigenvalue weighted by molar-refractivity contribution is 7.10. The van der Waals surface area contributed by atoms with Crippen molar-refractivity contribution in [2.45, 2.75) is 94.4 Å². The van der Waals surface area contributed by atoms with E-state index in [1.165, 1.54) is 0 Å². The molecule has 1 heterocycles. The van der Waals surface area contributed by atoms with Gasteiger partial charge in [0, 0.05) is 0 Å². The van der Waals surface area contributed by atoms with Crippen molar-refractivity contribution in [3.05, 3.63) is 0 Å². The summed E-state index contributed by atoms with van der Waals surface area (Å²) in [5, 5.41) is -0.607. The molecule has 0 saturated carbocycles. The van der Waals surface area contributed by atoms with E-state index in [0.29, 0.717) is 17.0 Å². The van der Waals surface area contributed by atoms with Crippen LogP contribution in [-0.2, 0) is 0 Å². The zero-order chi connectivity index (χ0) is 17.1. The Hall–Kier alpha value is 0.531. The molecule has 0 spiro atoms. The Bertz CT molecular complexity index is 334. The van der Waals surface area contributed by atoms with Crippen molar-refractivity contribution in [1.82, 2.24) is 0 Å². The Morgan fingerprint density at radius 1 is 0.476 bits per heavy atom. The summed E-state index contributed by atoms with van der Waals surface area (Å²) in [5.74, 6) is 0. The Balaban J connectivity index is 3.44. The van der Waals surface area contributed by atoms with E-state index in [9.17, 15) is 14.4 Å². The molecule has 1 fully saturated rings. The first-order valence-electron chi connectivity index (χ1n) is 8.04. The minimum Gasteiger partial charge on any atom is -0.432 e. The van der Waals surface area contributed by atoms with Crippen LogP contribution in [0, 0.1) is 0 Å². The lowest BCUT2D eigenvalue weighted by molar-refractivity contribution is 0.411. The average Bonchev–Trinajstić information content (AvgIpc) is 2.09. The van der Waals surface area contributed by atoms with Crippen LogP contribution in [0.5, 0.6) is 0 Å². The van der Waals surface area contributed by atoms with Crippen LogP contribution in [0.4, 0.5) is 0 Å². The van der Waals surface area contributed by atoms with Gasteiger partial charge in [0.05, 0.1) is 0 Å². The van der Waals surface area contributed by atoms with Crippen molar-refractivity contribution in [3.63, 3.8) is 0 Å². The van der Waals surface area contributed by atoms with Crippen molar-refractivity contribution in [3.8, 4) is 0 Å². The molecular weight excluding hydrogens is 312 g/mol. The molecule has 1 saturated heterocycles. The Kier molecular flexibility index (Phi) is 4.67. The van der Waals surface area contributed by atoms with Gasteiger partial charge < -0.3 is 14.4 Å². The predicted octanol–water partition coefficient (Wildman–Crippen LogP) is 3.83. The third-order valence-corrected chi connectivity index (χ3v) is 28.4. The molecule has 0 unspecified atom stereocenters. The molecule has 0 aromatic rings. The van der Waals surface area contributed by atoms with Gasteiger partial charge in [0.2, 0.25) is 0 Å². The topological polar surface area (TPSA) is 60.7 Å². The molecule has 3 nitrogen and oxygen atoms in total. The van der Waals surface area contributed by atoms with Crippen LogP contribution in [0.15, 0.2) is 0 Å². The van der Waals surface area contributed by atoms with Crippen LogP contribution in [-0.4, -0.2) is 39.3 Å². The maximum absolute atomic E-state index is 11.5. The van der Waals surface area contributed by atoms with Gasteiger partial charge in [0.1, 0.15) is 0 Å². The molecule has 126 valence electrons. The van der Waals surface area contributed by atoms with Gasteiger partial charge in [-0.1, -0.05) is 62.3 Å². The molecule has 6 heteroatoms. The summed E-state index contributed by atoms with van der Waals surface area (Å²) in [6.07, 6.45) is 0. The zero-order valence-electron chi connectivity index (χ0n) is 15.5. The van der Waals surface area contributed by atoms with E-state index in [4.69, 9.17) is 0 Å². The summed E-state index contributed by atoms with van der Waals surface area (Å²) in [6.45, 7) is 18.7. The third kappa shape index (κ3) is 3.40. The fourth-order valence-electron chi connectivity index (χ4n) is 3.23. The molecular formula is C15H36O3Si3. The molecule has 1 aliphatic heterocycles.